The molecule has 1 aliphatic rings. The van der Waals surface area contributed by atoms with Crippen LogP contribution in [0.15, 0.2) is 0 Å². The number of piperidine rings is 1. The van der Waals surface area contributed by atoms with Crippen molar-refractivity contribution in [3.63, 3.8) is 0 Å². The molecule has 4 heteroatoms. The number of rotatable bonds is 0. The molecule has 1 rings (SSSR count). The Morgan fingerprint density at radius 2 is 2.20 bits per heavy atom. The Morgan fingerprint density at radius 1 is 1.60 bits per heavy atom. The summed E-state index contributed by atoms with van der Waals surface area (Å²) in [5.74, 6) is 0. The lowest BCUT2D eigenvalue weighted by Crippen LogP contribution is -2.42. The summed E-state index contributed by atoms with van der Waals surface area (Å²) in [6.45, 7) is 2.12. The van der Waals surface area contributed by atoms with Crippen LogP contribution in [0.4, 0.5) is 0 Å². The minimum atomic E-state index is -0.811. The Bertz CT molecular complexity index is 129. The summed E-state index contributed by atoms with van der Waals surface area (Å²) in [7, 11) is 0. The van der Waals surface area contributed by atoms with Gasteiger partial charge in [-0.25, -0.2) is 0 Å². The van der Waals surface area contributed by atoms with Gasteiger partial charge in [-0.2, -0.15) is 0 Å². The second-order valence-corrected chi connectivity index (χ2v) is 4.46. The van der Waals surface area contributed by atoms with Crippen LogP contribution in [0.2, 0.25) is 0 Å². The zero-order chi connectivity index (χ0) is 7.78. The maximum Gasteiger partial charge on any atom is 0.130 e. The van der Waals surface area contributed by atoms with Gasteiger partial charge in [0.25, 0.3) is 0 Å². The molecule has 0 amide bonds. The van der Waals surface area contributed by atoms with Crippen molar-refractivity contribution < 1.29 is 0 Å². The molecule has 1 atom stereocenters. The minimum absolute atomic E-state index is 0.0747. The third kappa shape index (κ3) is 1.99. The van der Waals surface area contributed by atoms with Crippen LogP contribution < -0.4 is 0 Å². The van der Waals surface area contributed by atoms with E-state index in [1.807, 2.05) is 6.92 Å². The predicted octanol–water partition coefficient (Wildman–Crippen LogP) is 2.14. The highest BCUT2D eigenvalue weighted by Gasteiger charge is 2.30. The Morgan fingerprint density at radius 3 is 2.60 bits per heavy atom. The molecule has 1 unspecified atom stereocenters. The van der Waals surface area contributed by atoms with Crippen molar-refractivity contribution in [1.29, 1.82) is 0 Å². The van der Waals surface area contributed by atoms with Crippen LogP contribution in [-0.2, 0) is 0 Å². The molecule has 2 nitrogen and oxygen atoms in total. The SMILES string of the molecule is CC1CCC(Cl)(Cl)CN1[O-]. The highest BCUT2D eigenvalue weighted by atomic mass is 35.5. The van der Waals surface area contributed by atoms with E-state index in [-0.39, 0.29) is 12.6 Å². The van der Waals surface area contributed by atoms with Crippen molar-refractivity contribution in [2.75, 3.05) is 6.54 Å². The lowest BCUT2D eigenvalue weighted by atomic mass is 10.1. The van der Waals surface area contributed by atoms with Gasteiger partial charge < -0.3 is 10.3 Å². The first-order valence-corrected chi connectivity index (χ1v) is 4.08. The highest BCUT2D eigenvalue weighted by molar-refractivity contribution is 6.48. The van der Waals surface area contributed by atoms with Crippen LogP contribution >= 0.6 is 23.2 Å². The molecule has 0 radical (unpaired) electrons. The van der Waals surface area contributed by atoms with Crippen LogP contribution in [0.5, 0.6) is 0 Å². The molecule has 0 aromatic rings. The van der Waals surface area contributed by atoms with Gasteiger partial charge in [0.2, 0.25) is 0 Å². The molecule has 1 saturated heterocycles. The largest absolute Gasteiger partial charge is 0.785 e. The van der Waals surface area contributed by atoms with Gasteiger partial charge in [-0.1, -0.05) is 6.92 Å². The van der Waals surface area contributed by atoms with Crippen LogP contribution in [0.1, 0.15) is 19.8 Å². The van der Waals surface area contributed by atoms with Crippen molar-refractivity contribution in [2.45, 2.75) is 30.1 Å². The molecule has 0 saturated carbocycles. The number of alkyl halides is 2. The Balaban J connectivity index is 2.49. The first-order chi connectivity index (χ1) is 4.51. The predicted molar refractivity (Wildman–Crippen MR) is 43.2 cm³/mol. The molecule has 60 valence electrons. The molecule has 0 bridgehead atoms. The van der Waals surface area contributed by atoms with Gasteiger partial charge in [0.15, 0.2) is 0 Å². The fourth-order valence-corrected chi connectivity index (χ4v) is 1.48. The fourth-order valence-electron chi connectivity index (χ4n) is 1.03. The molecule has 0 aromatic carbocycles. The van der Waals surface area contributed by atoms with E-state index in [1.54, 1.807) is 0 Å². The average molecular weight is 183 g/mol. The van der Waals surface area contributed by atoms with Gasteiger partial charge in [-0.05, 0) is 18.9 Å². The van der Waals surface area contributed by atoms with Gasteiger partial charge in [0.05, 0.1) is 0 Å². The van der Waals surface area contributed by atoms with E-state index in [9.17, 15) is 5.21 Å². The summed E-state index contributed by atoms with van der Waals surface area (Å²) in [6.07, 6.45) is 1.51. The number of hydroxylamine groups is 2. The Labute approximate surface area is 70.7 Å². The Kier molecular flexibility index (Phi) is 2.46. The van der Waals surface area contributed by atoms with E-state index in [0.29, 0.717) is 0 Å². The minimum Gasteiger partial charge on any atom is -0.785 e. The summed E-state index contributed by atoms with van der Waals surface area (Å²) in [5, 5.41) is 11.9. The first-order valence-electron chi connectivity index (χ1n) is 3.33. The van der Waals surface area contributed by atoms with E-state index in [2.05, 4.69) is 0 Å². The zero-order valence-corrected chi connectivity index (χ0v) is 7.32. The molecule has 0 aliphatic carbocycles. The summed E-state index contributed by atoms with van der Waals surface area (Å²) in [5.41, 5.74) is 0. The summed E-state index contributed by atoms with van der Waals surface area (Å²) >= 11 is 11.5. The van der Waals surface area contributed by atoms with Crippen LogP contribution in [0.25, 0.3) is 0 Å². The van der Waals surface area contributed by atoms with E-state index < -0.39 is 4.33 Å². The van der Waals surface area contributed by atoms with Crippen molar-refractivity contribution in [1.82, 2.24) is 5.06 Å². The second-order valence-electron chi connectivity index (χ2n) is 2.82. The van der Waals surface area contributed by atoms with Crippen LogP contribution in [-0.4, -0.2) is 22.0 Å². The standard InChI is InChI=1S/C6H10Cl2NO/c1-5-2-3-6(7,8)4-9(5)10/h5H,2-4H2,1H3/q-1. The van der Waals surface area contributed by atoms with Crippen molar-refractivity contribution in [2.24, 2.45) is 0 Å². The molecule has 1 fully saturated rings. The average Bonchev–Trinajstić information content (AvgIpc) is 1.79. The lowest BCUT2D eigenvalue weighted by molar-refractivity contribution is 0.220. The highest BCUT2D eigenvalue weighted by Crippen LogP contribution is 2.33. The van der Waals surface area contributed by atoms with Crippen LogP contribution in [0.3, 0.4) is 0 Å². The summed E-state index contributed by atoms with van der Waals surface area (Å²) in [4.78, 5) is 0. The first kappa shape index (κ1) is 8.60. The van der Waals surface area contributed by atoms with E-state index in [0.717, 1.165) is 17.9 Å². The molecular formula is C6H10Cl2NO-. The van der Waals surface area contributed by atoms with Crippen molar-refractivity contribution >= 4 is 23.2 Å². The molecule has 1 aliphatic heterocycles. The third-order valence-electron chi connectivity index (χ3n) is 1.81. The second kappa shape index (κ2) is 2.86. The monoisotopic (exact) mass is 182 g/mol. The number of hydrogen-bond donors (Lipinski definition) is 0. The quantitative estimate of drug-likeness (QED) is 0.537. The molecule has 1 heterocycles. The van der Waals surface area contributed by atoms with Gasteiger partial charge in [-0.15, -0.1) is 23.2 Å². The Hall–Kier alpha value is 0.500. The lowest BCUT2D eigenvalue weighted by Gasteiger charge is -2.44. The van der Waals surface area contributed by atoms with Crippen molar-refractivity contribution in [3.8, 4) is 0 Å². The number of nitrogens with zero attached hydrogens (tertiary/aromatic N) is 1. The fraction of sp³-hybridized carbons (Fsp3) is 1.00. The van der Waals surface area contributed by atoms with E-state index in [1.165, 1.54) is 0 Å². The van der Waals surface area contributed by atoms with E-state index in [4.69, 9.17) is 23.2 Å². The van der Waals surface area contributed by atoms with Gasteiger partial charge in [-0.3, -0.25) is 0 Å². The summed E-state index contributed by atoms with van der Waals surface area (Å²) in [6, 6.07) is 0.0747. The maximum absolute atomic E-state index is 11.0. The molecule has 0 N–H and O–H groups in total. The third-order valence-corrected chi connectivity index (χ3v) is 2.42. The maximum atomic E-state index is 11.0. The normalized spacial score (nSPS) is 34.2. The van der Waals surface area contributed by atoms with Gasteiger partial charge in [0, 0.05) is 6.54 Å². The van der Waals surface area contributed by atoms with Crippen molar-refractivity contribution in [3.05, 3.63) is 5.21 Å². The van der Waals surface area contributed by atoms with Crippen LogP contribution in [0, 0.1) is 5.21 Å². The topological polar surface area (TPSA) is 26.3 Å². The zero-order valence-electron chi connectivity index (χ0n) is 5.81. The summed E-state index contributed by atoms with van der Waals surface area (Å²) < 4.78 is -0.811. The molecule has 0 aromatic heterocycles. The number of hydrogen-bond acceptors (Lipinski definition) is 2. The molecule has 0 spiro atoms. The van der Waals surface area contributed by atoms with Gasteiger partial charge in [0.1, 0.15) is 4.33 Å². The van der Waals surface area contributed by atoms with Gasteiger partial charge >= 0.3 is 0 Å². The van der Waals surface area contributed by atoms with E-state index >= 15 is 0 Å². The molecule has 10 heavy (non-hydrogen) atoms. The number of halogens is 2. The molecular weight excluding hydrogens is 173 g/mol. The smallest absolute Gasteiger partial charge is 0.130 e.